The molecule has 0 aromatic carbocycles. The van der Waals surface area contributed by atoms with Crippen LogP contribution in [0.25, 0.3) is 0 Å². The van der Waals surface area contributed by atoms with Crippen molar-refractivity contribution in [3.05, 3.63) is 0 Å². The molecule has 0 spiro atoms. The molecule has 0 aromatic rings. The lowest BCUT2D eigenvalue weighted by Crippen LogP contribution is -2.19. The Bertz CT molecular complexity index is 102. The summed E-state index contributed by atoms with van der Waals surface area (Å²) < 4.78 is 0. The average molecular weight is 172 g/mol. The number of hydrogen-bond acceptors (Lipinski definition) is 2. The van der Waals surface area contributed by atoms with Crippen LogP contribution in [-0.4, -0.2) is 36.2 Å². The van der Waals surface area contributed by atoms with Gasteiger partial charge in [0.1, 0.15) is 0 Å². The smallest absolute Gasteiger partial charge is 0.0349 e. The normalized spacial score (nSPS) is 10.7. The quantitative estimate of drug-likeness (QED) is 0.453. The van der Waals surface area contributed by atoms with Gasteiger partial charge in [0.15, 0.2) is 0 Å². The third-order valence-corrected chi connectivity index (χ3v) is 1.75. The molecule has 0 radical (unpaired) electrons. The van der Waals surface area contributed by atoms with E-state index in [2.05, 4.69) is 38.1 Å². The van der Waals surface area contributed by atoms with Crippen molar-refractivity contribution in [2.45, 2.75) is 27.7 Å². The van der Waals surface area contributed by atoms with E-state index in [4.69, 9.17) is 0 Å². The molecule has 0 bridgehead atoms. The summed E-state index contributed by atoms with van der Waals surface area (Å²) in [5.41, 5.74) is 0. The van der Waals surface area contributed by atoms with Crippen LogP contribution in [0.15, 0.2) is 10.4 Å². The summed E-state index contributed by atoms with van der Waals surface area (Å²) in [5.74, 6) is 0. The molecule has 0 aliphatic rings. The van der Waals surface area contributed by atoms with Crippen molar-refractivity contribution in [3.8, 4) is 0 Å². The Morgan fingerprint density at radius 1 is 0.667 bits per heavy atom. The number of hydrogen-bond donors (Lipinski definition) is 0. The molecule has 0 saturated heterocycles. The summed E-state index contributed by atoms with van der Waals surface area (Å²) >= 11 is 0. The van der Waals surface area contributed by atoms with E-state index in [0.717, 1.165) is 26.2 Å². The van der Waals surface area contributed by atoms with Crippen LogP contribution in [0.4, 0.5) is 0 Å². The lowest BCUT2D eigenvalue weighted by Gasteiger charge is -2.16. The summed E-state index contributed by atoms with van der Waals surface area (Å²) in [6, 6.07) is 0. The van der Waals surface area contributed by atoms with Gasteiger partial charge in [-0.1, -0.05) is 10.4 Å². The Labute approximate surface area is 75.2 Å². The molecule has 4 heteroatoms. The third kappa shape index (κ3) is 4.16. The van der Waals surface area contributed by atoms with Crippen LogP contribution >= 0.6 is 0 Å². The second-order valence-corrected chi connectivity index (χ2v) is 2.46. The van der Waals surface area contributed by atoms with Crippen molar-refractivity contribution in [2.24, 2.45) is 10.4 Å². The molecular weight excluding hydrogens is 152 g/mol. The second kappa shape index (κ2) is 6.88. The topological polar surface area (TPSA) is 31.2 Å². The van der Waals surface area contributed by atoms with E-state index in [1.54, 1.807) is 0 Å². The van der Waals surface area contributed by atoms with Gasteiger partial charge in [0.2, 0.25) is 0 Å². The van der Waals surface area contributed by atoms with E-state index < -0.39 is 0 Å². The zero-order chi connectivity index (χ0) is 9.40. The fourth-order valence-corrected chi connectivity index (χ4v) is 0.813. The molecule has 0 fully saturated rings. The Kier molecular flexibility index (Phi) is 6.42. The summed E-state index contributed by atoms with van der Waals surface area (Å²) in [6.07, 6.45) is 0. The van der Waals surface area contributed by atoms with Gasteiger partial charge in [-0.25, -0.2) is 0 Å². The molecule has 0 saturated carbocycles. The Morgan fingerprint density at radius 3 is 1.08 bits per heavy atom. The molecule has 0 atom stereocenters. The second-order valence-electron chi connectivity index (χ2n) is 2.46. The molecule has 12 heavy (non-hydrogen) atoms. The van der Waals surface area contributed by atoms with Crippen molar-refractivity contribution >= 4 is 0 Å². The van der Waals surface area contributed by atoms with Crippen LogP contribution in [-0.2, 0) is 0 Å². The monoisotopic (exact) mass is 172 g/mol. The zero-order valence-electron chi connectivity index (χ0n) is 8.62. The summed E-state index contributed by atoms with van der Waals surface area (Å²) in [7, 11) is 0. The van der Waals surface area contributed by atoms with Gasteiger partial charge in [-0.15, -0.1) is 0 Å². The van der Waals surface area contributed by atoms with Gasteiger partial charge in [-0.2, -0.15) is 0 Å². The Morgan fingerprint density at radius 2 is 0.917 bits per heavy atom. The Balaban J connectivity index is 3.83. The molecule has 0 aromatic heterocycles. The highest BCUT2D eigenvalue weighted by atomic mass is 15.7. The molecular formula is C8H20N4. The maximum Gasteiger partial charge on any atom is 0.0349 e. The minimum absolute atomic E-state index is 0.918. The third-order valence-electron chi connectivity index (χ3n) is 1.75. The van der Waals surface area contributed by atoms with Crippen molar-refractivity contribution in [2.75, 3.05) is 26.2 Å². The molecule has 0 heterocycles. The van der Waals surface area contributed by atoms with Crippen LogP contribution in [0.1, 0.15) is 27.7 Å². The number of rotatable bonds is 6. The zero-order valence-corrected chi connectivity index (χ0v) is 8.62. The van der Waals surface area contributed by atoms with E-state index >= 15 is 0 Å². The molecule has 0 amide bonds. The maximum atomic E-state index is 4.09. The van der Waals surface area contributed by atoms with Gasteiger partial charge in [-0.05, 0) is 27.7 Å². The molecule has 72 valence electrons. The van der Waals surface area contributed by atoms with Crippen molar-refractivity contribution in [1.82, 2.24) is 10.0 Å². The van der Waals surface area contributed by atoms with Crippen LogP contribution in [0.5, 0.6) is 0 Å². The molecule has 0 unspecified atom stereocenters. The number of nitrogens with zero attached hydrogens (tertiary/aromatic N) is 4. The van der Waals surface area contributed by atoms with E-state index in [1.165, 1.54) is 0 Å². The van der Waals surface area contributed by atoms with Crippen molar-refractivity contribution in [1.29, 1.82) is 0 Å². The first-order chi connectivity index (χ1) is 5.78. The molecule has 0 rings (SSSR count). The largest absolute Gasteiger partial charge is 0.278 e. The van der Waals surface area contributed by atoms with E-state index in [1.807, 2.05) is 10.0 Å². The highest BCUT2D eigenvalue weighted by Crippen LogP contribution is 1.93. The highest BCUT2D eigenvalue weighted by molar-refractivity contribution is 4.41. The van der Waals surface area contributed by atoms with E-state index in [-0.39, 0.29) is 0 Å². The molecule has 0 N–H and O–H groups in total. The first kappa shape index (κ1) is 11.2. The fraction of sp³-hybridized carbons (Fsp3) is 1.00. The summed E-state index contributed by atoms with van der Waals surface area (Å²) in [6.45, 7) is 12.0. The first-order valence-corrected chi connectivity index (χ1v) is 4.69. The lowest BCUT2D eigenvalue weighted by molar-refractivity contribution is 0.220. The highest BCUT2D eigenvalue weighted by Gasteiger charge is 1.94. The van der Waals surface area contributed by atoms with E-state index in [9.17, 15) is 0 Å². The maximum absolute atomic E-state index is 4.09. The van der Waals surface area contributed by atoms with Crippen LogP contribution in [0, 0.1) is 0 Å². The summed E-state index contributed by atoms with van der Waals surface area (Å²) in [4.78, 5) is 0. The minimum atomic E-state index is 0.918. The predicted octanol–water partition coefficient (Wildman–Crippen LogP) is 1.95. The average Bonchev–Trinajstić information content (AvgIpc) is 2.13. The molecule has 4 nitrogen and oxygen atoms in total. The van der Waals surface area contributed by atoms with Gasteiger partial charge in [0, 0.05) is 26.2 Å². The van der Waals surface area contributed by atoms with Crippen LogP contribution in [0.2, 0.25) is 0 Å². The summed E-state index contributed by atoms with van der Waals surface area (Å²) in [5, 5.41) is 12.0. The van der Waals surface area contributed by atoms with E-state index in [0.29, 0.717) is 0 Å². The van der Waals surface area contributed by atoms with Gasteiger partial charge >= 0.3 is 0 Å². The Hall–Kier alpha value is -0.800. The fourth-order valence-electron chi connectivity index (χ4n) is 0.813. The van der Waals surface area contributed by atoms with Gasteiger partial charge in [-0.3, -0.25) is 10.0 Å². The minimum Gasteiger partial charge on any atom is -0.278 e. The molecule has 0 aliphatic heterocycles. The van der Waals surface area contributed by atoms with Crippen LogP contribution < -0.4 is 0 Å². The van der Waals surface area contributed by atoms with Gasteiger partial charge in [0.25, 0.3) is 0 Å². The van der Waals surface area contributed by atoms with Gasteiger partial charge in [0.05, 0.1) is 0 Å². The van der Waals surface area contributed by atoms with Crippen molar-refractivity contribution < 1.29 is 0 Å². The van der Waals surface area contributed by atoms with Crippen LogP contribution in [0.3, 0.4) is 0 Å². The SMILES string of the molecule is CCN(CC)/N=N/N(CC)CC. The predicted molar refractivity (Wildman–Crippen MR) is 50.7 cm³/mol. The van der Waals surface area contributed by atoms with Gasteiger partial charge < -0.3 is 0 Å². The molecule has 0 aliphatic carbocycles. The standard InChI is InChI=1S/C8H20N4/c1-5-11(6-2)9-10-12(7-3)8-4/h5-8H2,1-4H3/b10-9+. The first-order valence-electron chi connectivity index (χ1n) is 4.69. The lowest BCUT2D eigenvalue weighted by atomic mass is 10.6. The van der Waals surface area contributed by atoms with Crippen molar-refractivity contribution in [3.63, 3.8) is 0 Å².